The third-order valence-corrected chi connectivity index (χ3v) is 4.43. The Kier molecular flexibility index (Phi) is 3.22. The predicted molar refractivity (Wildman–Crippen MR) is 80.7 cm³/mol. The van der Waals surface area contributed by atoms with Crippen LogP contribution < -0.4 is 4.90 Å². The Morgan fingerprint density at radius 2 is 2.00 bits per heavy atom. The highest BCUT2D eigenvalue weighted by Gasteiger charge is 2.44. The molecule has 1 aromatic heterocycles. The van der Waals surface area contributed by atoms with Crippen molar-refractivity contribution in [2.75, 3.05) is 4.90 Å². The van der Waals surface area contributed by atoms with Gasteiger partial charge in [0.15, 0.2) is 5.78 Å². The van der Waals surface area contributed by atoms with E-state index in [4.69, 9.17) is 0 Å². The van der Waals surface area contributed by atoms with Gasteiger partial charge in [0.2, 0.25) is 11.8 Å². The number of aryl methyl sites for hydroxylation is 1. The molecule has 1 unspecified atom stereocenters. The lowest BCUT2D eigenvalue weighted by Crippen LogP contribution is -2.35. The summed E-state index contributed by atoms with van der Waals surface area (Å²) in [7, 11) is 0. The maximum atomic E-state index is 12.6. The number of imide groups is 1. The summed E-state index contributed by atoms with van der Waals surface area (Å²) in [5.74, 6) is -1.99. The number of Topliss-reactive ketones (excluding diaryl/α,β-unsaturated/α-hetero) is 1. The van der Waals surface area contributed by atoms with Crippen LogP contribution in [0.15, 0.2) is 35.7 Å². The molecule has 0 fully saturated rings. The Labute approximate surface area is 126 Å². The Morgan fingerprint density at radius 3 is 2.62 bits per heavy atom. The van der Waals surface area contributed by atoms with Crippen LogP contribution in [0.1, 0.15) is 33.6 Å². The number of hydrogen-bond donors (Lipinski definition) is 0. The summed E-state index contributed by atoms with van der Waals surface area (Å²) in [5, 5.41) is 1.80. The molecule has 1 aliphatic rings. The van der Waals surface area contributed by atoms with Crippen molar-refractivity contribution in [1.82, 2.24) is 0 Å². The van der Waals surface area contributed by atoms with Gasteiger partial charge in [-0.2, -0.15) is 0 Å². The minimum Gasteiger partial charge on any atom is -0.292 e. The Bertz CT molecular complexity index is 749. The molecule has 0 radical (unpaired) electrons. The van der Waals surface area contributed by atoms with Gasteiger partial charge >= 0.3 is 0 Å². The Balaban J connectivity index is 2.14. The van der Waals surface area contributed by atoms with E-state index >= 15 is 0 Å². The number of thiophene rings is 1. The molecule has 2 amide bonds. The van der Waals surface area contributed by atoms with Crippen LogP contribution in [0, 0.1) is 6.92 Å². The van der Waals surface area contributed by atoms with Gasteiger partial charge < -0.3 is 0 Å². The first kappa shape index (κ1) is 13.7. The van der Waals surface area contributed by atoms with Crippen LogP contribution in [0.4, 0.5) is 5.69 Å². The van der Waals surface area contributed by atoms with Crippen molar-refractivity contribution in [3.63, 3.8) is 0 Å². The number of fused-ring (bicyclic) bond motifs is 1. The second-order valence-corrected chi connectivity index (χ2v) is 5.98. The van der Waals surface area contributed by atoms with E-state index in [1.165, 1.54) is 18.3 Å². The number of carbonyl (C=O) groups is 3. The van der Waals surface area contributed by atoms with Crippen molar-refractivity contribution in [1.29, 1.82) is 0 Å². The minimum absolute atomic E-state index is 0.245. The summed E-state index contributed by atoms with van der Waals surface area (Å²) in [6.07, 6.45) is 0. The van der Waals surface area contributed by atoms with E-state index in [0.717, 1.165) is 10.5 Å². The van der Waals surface area contributed by atoms with Crippen molar-refractivity contribution >= 4 is 34.6 Å². The van der Waals surface area contributed by atoms with E-state index in [-0.39, 0.29) is 11.7 Å². The van der Waals surface area contributed by atoms with Crippen LogP contribution in [0.3, 0.4) is 0 Å². The molecule has 0 spiro atoms. The van der Waals surface area contributed by atoms with Gasteiger partial charge in [0.25, 0.3) is 0 Å². The van der Waals surface area contributed by atoms with Crippen LogP contribution in [-0.2, 0) is 9.59 Å². The molecule has 4 nitrogen and oxygen atoms in total. The Morgan fingerprint density at radius 1 is 1.24 bits per heavy atom. The molecule has 1 atom stereocenters. The maximum absolute atomic E-state index is 12.6. The van der Waals surface area contributed by atoms with E-state index in [9.17, 15) is 14.4 Å². The fourth-order valence-corrected chi connectivity index (χ4v) is 3.32. The van der Waals surface area contributed by atoms with Gasteiger partial charge in [-0.05, 0) is 30.0 Å². The molecule has 0 aliphatic carbocycles. The predicted octanol–water partition coefficient (Wildman–Crippen LogP) is 2.92. The second kappa shape index (κ2) is 4.93. The highest BCUT2D eigenvalue weighted by molar-refractivity contribution is 7.12. The van der Waals surface area contributed by atoms with Crippen molar-refractivity contribution < 1.29 is 14.4 Å². The smallest absolute Gasteiger partial charge is 0.249 e. The lowest BCUT2D eigenvalue weighted by Gasteiger charge is -2.12. The van der Waals surface area contributed by atoms with Crippen LogP contribution in [0.25, 0.3) is 0 Å². The highest BCUT2D eigenvalue weighted by atomic mass is 32.1. The van der Waals surface area contributed by atoms with Gasteiger partial charge in [0, 0.05) is 6.92 Å². The molecule has 1 aliphatic heterocycles. The average molecular weight is 299 g/mol. The molecule has 106 valence electrons. The third-order valence-electron chi connectivity index (χ3n) is 3.54. The van der Waals surface area contributed by atoms with Crippen molar-refractivity contribution in [2.45, 2.75) is 19.8 Å². The summed E-state index contributed by atoms with van der Waals surface area (Å²) >= 11 is 1.30. The van der Waals surface area contributed by atoms with Crippen LogP contribution in [-0.4, -0.2) is 17.6 Å². The quantitative estimate of drug-likeness (QED) is 0.633. The molecule has 0 saturated carbocycles. The Hall–Kier alpha value is -2.27. The number of hydrogen-bond acceptors (Lipinski definition) is 4. The first-order valence-corrected chi connectivity index (χ1v) is 7.41. The molecule has 3 rings (SSSR count). The van der Waals surface area contributed by atoms with E-state index in [1.54, 1.807) is 23.6 Å². The summed E-state index contributed by atoms with van der Waals surface area (Å²) in [5.41, 5.74) is 2.09. The molecule has 2 aromatic rings. The standard InChI is InChI=1S/C16H13NO3S/c1-9-5-6-12-11(8-9)14(16(20)17(12)10(2)18)15(19)13-4-3-7-21-13/h3-8,14H,1-2H3. The minimum atomic E-state index is -0.914. The molecule has 1 aromatic carbocycles. The van der Waals surface area contributed by atoms with Crippen molar-refractivity contribution in [2.24, 2.45) is 0 Å². The van der Waals surface area contributed by atoms with E-state index < -0.39 is 11.8 Å². The number of rotatable bonds is 2. The number of nitrogens with zero attached hydrogens (tertiary/aromatic N) is 1. The molecule has 2 heterocycles. The van der Waals surface area contributed by atoms with Crippen LogP contribution >= 0.6 is 11.3 Å². The first-order chi connectivity index (χ1) is 10.0. The van der Waals surface area contributed by atoms with Gasteiger partial charge in [0.1, 0.15) is 5.92 Å². The third kappa shape index (κ3) is 2.10. The number of ketones is 1. The topological polar surface area (TPSA) is 54.5 Å². The first-order valence-electron chi connectivity index (χ1n) is 6.53. The zero-order valence-electron chi connectivity index (χ0n) is 11.6. The SMILES string of the molecule is CC(=O)N1C(=O)C(C(=O)c2cccs2)c2cc(C)ccc21. The zero-order valence-corrected chi connectivity index (χ0v) is 12.4. The van der Waals surface area contributed by atoms with Gasteiger partial charge in [0.05, 0.1) is 10.6 Å². The van der Waals surface area contributed by atoms with E-state index in [0.29, 0.717) is 16.1 Å². The normalized spacial score (nSPS) is 17.0. The highest BCUT2D eigenvalue weighted by Crippen LogP contribution is 2.40. The number of benzene rings is 1. The lowest BCUT2D eigenvalue weighted by atomic mass is 9.94. The summed E-state index contributed by atoms with van der Waals surface area (Å²) < 4.78 is 0. The second-order valence-electron chi connectivity index (χ2n) is 5.03. The number of anilines is 1. The van der Waals surface area contributed by atoms with Gasteiger partial charge in [-0.25, -0.2) is 4.90 Å². The molecule has 21 heavy (non-hydrogen) atoms. The molecular weight excluding hydrogens is 286 g/mol. The number of carbonyl (C=O) groups excluding carboxylic acids is 3. The molecule has 0 bridgehead atoms. The molecular formula is C16H13NO3S. The summed E-state index contributed by atoms with van der Waals surface area (Å²) in [6.45, 7) is 3.23. The molecule has 0 N–H and O–H groups in total. The summed E-state index contributed by atoms with van der Waals surface area (Å²) in [6, 6.07) is 8.85. The summed E-state index contributed by atoms with van der Waals surface area (Å²) in [4.78, 5) is 38.5. The fraction of sp³-hybridized carbons (Fsp3) is 0.188. The van der Waals surface area contributed by atoms with Crippen LogP contribution in [0.2, 0.25) is 0 Å². The zero-order chi connectivity index (χ0) is 15.1. The van der Waals surface area contributed by atoms with Crippen molar-refractivity contribution in [3.8, 4) is 0 Å². The van der Waals surface area contributed by atoms with Gasteiger partial charge in [-0.3, -0.25) is 14.4 Å². The lowest BCUT2D eigenvalue weighted by molar-refractivity contribution is -0.125. The van der Waals surface area contributed by atoms with E-state index in [1.807, 2.05) is 19.1 Å². The molecule has 0 saturated heterocycles. The average Bonchev–Trinajstić information content (AvgIpc) is 3.03. The molecule has 5 heteroatoms. The monoisotopic (exact) mass is 299 g/mol. The van der Waals surface area contributed by atoms with E-state index in [2.05, 4.69) is 0 Å². The fourth-order valence-electron chi connectivity index (χ4n) is 2.63. The van der Waals surface area contributed by atoms with Gasteiger partial charge in [-0.1, -0.05) is 23.8 Å². The maximum Gasteiger partial charge on any atom is 0.249 e. The number of amides is 2. The van der Waals surface area contributed by atoms with Crippen molar-refractivity contribution in [3.05, 3.63) is 51.7 Å². The van der Waals surface area contributed by atoms with Gasteiger partial charge in [-0.15, -0.1) is 11.3 Å². The van der Waals surface area contributed by atoms with Crippen LogP contribution in [0.5, 0.6) is 0 Å². The largest absolute Gasteiger partial charge is 0.292 e.